The molecule has 0 saturated carbocycles. The first-order valence-electron chi connectivity index (χ1n) is 5.37. The second-order valence-corrected chi connectivity index (χ2v) is 6.14. The molecule has 0 bridgehead atoms. The van der Waals surface area contributed by atoms with Crippen LogP contribution in [0.15, 0.2) is 24.4 Å². The van der Waals surface area contributed by atoms with Crippen molar-refractivity contribution in [1.29, 1.82) is 0 Å². The third-order valence-corrected chi connectivity index (χ3v) is 2.93. The van der Waals surface area contributed by atoms with Gasteiger partial charge in [0.25, 0.3) is 0 Å². The van der Waals surface area contributed by atoms with Crippen LogP contribution in [-0.2, 0) is 4.74 Å². The van der Waals surface area contributed by atoms with Crippen LogP contribution in [0, 0.1) is 3.57 Å². The highest BCUT2D eigenvalue weighted by atomic mass is 127. The van der Waals surface area contributed by atoms with E-state index in [4.69, 9.17) is 4.74 Å². The smallest absolute Gasteiger partial charge is 0.340 e. The largest absolute Gasteiger partial charge is 0.456 e. The summed E-state index contributed by atoms with van der Waals surface area (Å²) in [5.74, 6) is -0.286. The predicted molar refractivity (Wildman–Crippen MR) is 76.2 cm³/mol. The summed E-state index contributed by atoms with van der Waals surface area (Å²) in [5, 5.41) is 0.908. The maximum absolute atomic E-state index is 12.0. The topological polar surface area (TPSA) is 42.1 Å². The van der Waals surface area contributed by atoms with Crippen LogP contribution in [0.1, 0.15) is 31.1 Å². The summed E-state index contributed by atoms with van der Waals surface area (Å²) in [7, 11) is 0. The quantitative estimate of drug-likeness (QED) is 0.633. The average molecular weight is 343 g/mol. The average Bonchev–Trinajstić information content (AvgIpc) is 2.57. The molecule has 2 rings (SSSR count). The highest BCUT2D eigenvalue weighted by Crippen LogP contribution is 2.23. The number of carbonyl (C=O) groups excluding carboxylic acids is 1. The Kier molecular flexibility index (Phi) is 3.16. The van der Waals surface area contributed by atoms with Crippen molar-refractivity contribution in [2.45, 2.75) is 26.4 Å². The molecule has 0 radical (unpaired) electrons. The third-order valence-electron chi connectivity index (χ3n) is 2.26. The number of aromatic nitrogens is 1. The summed E-state index contributed by atoms with van der Waals surface area (Å²) < 4.78 is 6.47. The SMILES string of the molecule is CC(C)(C)OC(=O)c1c[nH]c2ccc(I)cc12. The highest BCUT2D eigenvalue weighted by molar-refractivity contribution is 14.1. The van der Waals surface area contributed by atoms with E-state index >= 15 is 0 Å². The van der Waals surface area contributed by atoms with Gasteiger partial charge in [0.15, 0.2) is 0 Å². The summed E-state index contributed by atoms with van der Waals surface area (Å²) >= 11 is 2.23. The lowest BCUT2D eigenvalue weighted by atomic mass is 10.1. The number of aromatic amines is 1. The Morgan fingerprint density at radius 1 is 1.35 bits per heavy atom. The first kappa shape index (κ1) is 12.4. The van der Waals surface area contributed by atoms with Gasteiger partial charge in [-0.15, -0.1) is 0 Å². The van der Waals surface area contributed by atoms with Crippen LogP contribution in [0.4, 0.5) is 0 Å². The fourth-order valence-corrected chi connectivity index (χ4v) is 2.09. The van der Waals surface area contributed by atoms with Crippen molar-refractivity contribution in [3.63, 3.8) is 0 Å². The Labute approximate surface area is 114 Å². The Morgan fingerprint density at radius 3 is 2.71 bits per heavy atom. The van der Waals surface area contributed by atoms with E-state index in [-0.39, 0.29) is 5.97 Å². The lowest BCUT2D eigenvalue weighted by molar-refractivity contribution is 0.00719. The van der Waals surface area contributed by atoms with Crippen molar-refractivity contribution in [2.24, 2.45) is 0 Å². The van der Waals surface area contributed by atoms with E-state index in [1.165, 1.54) is 0 Å². The second kappa shape index (κ2) is 4.33. The van der Waals surface area contributed by atoms with E-state index in [1.807, 2.05) is 39.0 Å². The normalized spacial score (nSPS) is 11.8. The van der Waals surface area contributed by atoms with Gasteiger partial charge in [-0.3, -0.25) is 0 Å². The maximum atomic E-state index is 12.0. The zero-order valence-corrected chi connectivity index (χ0v) is 12.2. The number of H-pyrrole nitrogens is 1. The molecule has 0 spiro atoms. The minimum Gasteiger partial charge on any atom is -0.456 e. The molecule has 0 aliphatic rings. The number of carbonyl (C=O) groups is 1. The Balaban J connectivity index is 2.42. The molecule has 1 N–H and O–H groups in total. The molecule has 0 saturated heterocycles. The van der Waals surface area contributed by atoms with Gasteiger partial charge in [0, 0.05) is 20.7 Å². The van der Waals surface area contributed by atoms with Crippen molar-refractivity contribution >= 4 is 39.5 Å². The number of benzene rings is 1. The first-order chi connectivity index (χ1) is 7.87. The molecule has 4 heteroatoms. The Bertz CT molecular complexity index is 566. The van der Waals surface area contributed by atoms with Gasteiger partial charge in [-0.25, -0.2) is 4.79 Å². The molecule has 1 heterocycles. The molecule has 90 valence electrons. The molecule has 3 nitrogen and oxygen atoms in total. The third kappa shape index (κ3) is 2.80. The van der Waals surface area contributed by atoms with Gasteiger partial charge in [-0.1, -0.05) is 0 Å². The molecule has 0 unspecified atom stereocenters. The van der Waals surface area contributed by atoms with Gasteiger partial charge in [0.05, 0.1) is 5.56 Å². The number of ether oxygens (including phenoxy) is 1. The van der Waals surface area contributed by atoms with Crippen LogP contribution < -0.4 is 0 Å². The van der Waals surface area contributed by atoms with E-state index in [2.05, 4.69) is 27.6 Å². The van der Waals surface area contributed by atoms with E-state index in [9.17, 15) is 4.79 Å². The number of fused-ring (bicyclic) bond motifs is 1. The number of nitrogens with one attached hydrogen (secondary N) is 1. The lowest BCUT2D eigenvalue weighted by Gasteiger charge is -2.19. The van der Waals surface area contributed by atoms with E-state index in [0.717, 1.165) is 14.5 Å². The number of esters is 1. The number of hydrogen-bond acceptors (Lipinski definition) is 2. The molecule has 1 aromatic carbocycles. The minimum absolute atomic E-state index is 0.286. The molecule has 17 heavy (non-hydrogen) atoms. The van der Waals surface area contributed by atoms with E-state index in [1.54, 1.807) is 6.20 Å². The number of hydrogen-bond donors (Lipinski definition) is 1. The molecular weight excluding hydrogens is 329 g/mol. The Hall–Kier alpha value is -1.04. The van der Waals surface area contributed by atoms with Gasteiger partial charge >= 0.3 is 5.97 Å². The molecule has 0 atom stereocenters. The standard InChI is InChI=1S/C13H14INO2/c1-13(2,3)17-12(16)10-7-15-11-5-4-8(14)6-9(10)11/h4-7,15H,1-3H3. The summed E-state index contributed by atoms with van der Waals surface area (Å²) in [5.41, 5.74) is 1.07. The van der Waals surface area contributed by atoms with Gasteiger partial charge in [0.1, 0.15) is 5.60 Å². The zero-order chi connectivity index (χ0) is 12.6. The summed E-state index contributed by atoms with van der Waals surface area (Å²) in [4.78, 5) is 15.1. The summed E-state index contributed by atoms with van der Waals surface area (Å²) in [6.07, 6.45) is 1.70. The van der Waals surface area contributed by atoms with Crippen molar-refractivity contribution in [3.8, 4) is 0 Å². The van der Waals surface area contributed by atoms with Crippen LogP contribution in [0.2, 0.25) is 0 Å². The molecule has 0 amide bonds. The van der Waals surface area contributed by atoms with E-state index in [0.29, 0.717) is 5.56 Å². The maximum Gasteiger partial charge on any atom is 0.340 e. The lowest BCUT2D eigenvalue weighted by Crippen LogP contribution is -2.23. The van der Waals surface area contributed by atoms with Crippen LogP contribution in [0.3, 0.4) is 0 Å². The van der Waals surface area contributed by atoms with Gasteiger partial charge in [0.2, 0.25) is 0 Å². The fourth-order valence-electron chi connectivity index (χ4n) is 1.59. The van der Waals surface area contributed by atoms with Gasteiger partial charge < -0.3 is 9.72 Å². The molecule has 2 aromatic rings. The highest BCUT2D eigenvalue weighted by Gasteiger charge is 2.20. The minimum atomic E-state index is -0.470. The fraction of sp³-hybridized carbons (Fsp3) is 0.308. The van der Waals surface area contributed by atoms with Crippen LogP contribution in [0.5, 0.6) is 0 Å². The zero-order valence-electron chi connectivity index (χ0n) is 10.0. The molecule has 0 aliphatic carbocycles. The van der Waals surface area contributed by atoms with Crippen LogP contribution >= 0.6 is 22.6 Å². The molecule has 1 aromatic heterocycles. The van der Waals surface area contributed by atoms with Crippen LogP contribution in [0.25, 0.3) is 10.9 Å². The van der Waals surface area contributed by atoms with Crippen molar-refractivity contribution in [1.82, 2.24) is 4.98 Å². The molecule has 0 aliphatic heterocycles. The van der Waals surface area contributed by atoms with E-state index < -0.39 is 5.60 Å². The van der Waals surface area contributed by atoms with Gasteiger partial charge in [-0.2, -0.15) is 0 Å². The summed E-state index contributed by atoms with van der Waals surface area (Å²) in [6.45, 7) is 5.59. The molecule has 0 fully saturated rings. The van der Waals surface area contributed by atoms with Crippen LogP contribution in [-0.4, -0.2) is 16.6 Å². The van der Waals surface area contributed by atoms with Crippen molar-refractivity contribution < 1.29 is 9.53 Å². The van der Waals surface area contributed by atoms with Crippen molar-refractivity contribution in [2.75, 3.05) is 0 Å². The summed E-state index contributed by atoms with van der Waals surface area (Å²) in [6, 6.07) is 5.94. The number of rotatable bonds is 1. The first-order valence-corrected chi connectivity index (χ1v) is 6.45. The monoisotopic (exact) mass is 343 g/mol. The van der Waals surface area contributed by atoms with Gasteiger partial charge in [-0.05, 0) is 61.6 Å². The molecular formula is C13H14INO2. The second-order valence-electron chi connectivity index (χ2n) is 4.89. The number of halogens is 1. The van der Waals surface area contributed by atoms with Crippen molar-refractivity contribution in [3.05, 3.63) is 33.5 Å². The predicted octanol–water partition coefficient (Wildman–Crippen LogP) is 3.73. The Morgan fingerprint density at radius 2 is 2.06 bits per heavy atom.